The Hall–Kier alpha value is -2.31. The van der Waals surface area contributed by atoms with Crippen molar-refractivity contribution in [2.45, 2.75) is 75.2 Å². The number of fused-ring (bicyclic) bond motifs is 1. The van der Waals surface area contributed by atoms with Gasteiger partial charge < -0.3 is 5.32 Å². The molecule has 1 saturated carbocycles. The first-order valence-corrected chi connectivity index (χ1v) is 12.9. The van der Waals surface area contributed by atoms with Gasteiger partial charge in [0.2, 0.25) is 5.91 Å². The molecule has 1 amide bonds. The Labute approximate surface area is 203 Å². The van der Waals surface area contributed by atoms with E-state index in [9.17, 15) is 9.59 Å². The molecule has 5 nitrogen and oxygen atoms in total. The molecule has 7 heteroatoms. The zero-order chi connectivity index (χ0) is 23.5. The molecule has 4 rings (SSSR count). The maximum absolute atomic E-state index is 13.5. The van der Waals surface area contributed by atoms with Crippen LogP contribution in [0.25, 0.3) is 16.6 Å². The maximum atomic E-state index is 13.5. The summed E-state index contributed by atoms with van der Waals surface area (Å²) in [6, 6.07) is 13.4. The van der Waals surface area contributed by atoms with Gasteiger partial charge in [0.25, 0.3) is 5.56 Å². The smallest absolute Gasteiger partial charge is 0.266 e. The lowest BCUT2D eigenvalue weighted by atomic mass is 9.98. The molecule has 174 valence electrons. The predicted molar refractivity (Wildman–Crippen MR) is 137 cm³/mol. The molecule has 0 spiro atoms. The molecular weight excluding hydrogens is 454 g/mol. The normalized spacial score (nSPS) is 16.1. The Balaban J connectivity index is 1.73. The molecule has 2 atom stereocenters. The Morgan fingerprint density at radius 2 is 1.88 bits per heavy atom. The number of nitrogens with zero attached hydrogens (tertiary/aromatic N) is 2. The third-order valence-corrected chi connectivity index (χ3v) is 7.77. The van der Waals surface area contributed by atoms with Gasteiger partial charge in [-0.3, -0.25) is 14.2 Å². The average Bonchev–Trinajstić information content (AvgIpc) is 3.31. The van der Waals surface area contributed by atoms with E-state index in [0.717, 1.165) is 37.8 Å². The number of halogens is 1. The highest BCUT2D eigenvalue weighted by Crippen LogP contribution is 2.28. The minimum absolute atomic E-state index is 0.0222. The molecule has 2 aromatic carbocycles. The van der Waals surface area contributed by atoms with Gasteiger partial charge in [-0.15, -0.1) is 0 Å². The van der Waals surface area contributed by atoms with Crippen LogP contribution < -0.4 is 10.9 Å². The van der Waals surface area contributed by atoms with Gasteiger partial charge in [0, 0.05) is 11.1 Å². The van der Waals surface area contributed by atoms with Crippen LogP contribution in [0.15, 0.2) is 52.4 Å². The number of benzene rings is 2. The van der Waals surface area contributed by atoms with E-state index in [1.165, 1.54) is 17.3 Å². The van der Waals surface area contributed by atoms with Crippen LogP contribution in [0, 0.1) is 0 Å². The summed E-state index contributed by atoms with van der Waals surface area (Å²) in [5.74, 6) is 0.423. The largest absolute Gasteiger partial charge is 0.352 e. The fraction of sp³-hybridized carbons (Fsp3) is 0.423. The molecular formula is C26H30ClN3O2S. The van der Waals surface area contributed by atoms with Gasteiger partial charge in [-0.2, -0.15) is 0 Å². The molecule has 1 fully saturated rings. The van der Waals surface area contributed by atoms with Crippen LogP contribution in [0.4, 0.5) is 0 Å². The molecule has 1 aromatic heterocycles. The molecule has 1 aliphatic rings. The third-order valence-electron chi connectivity index (χ3n) is 6.49. The summed E-state index contributed by atoms with van der Waals surface area (Å²) in [7, 11) is 0. The number of amides is 1. The molecule has 1 heterocycles. The molecule has 0 radical (unpaired) electrons. The highest BCUT2D eigenvalue weighted by molar-refractivity contribution is 8.00. The van der Waals surface area contributed by atoms with Gasteiger partial charge in [-0.25, -0.2) is 4.98 Å². The van der Waals surface area contributed by atoms with Gasteiger partial charge in [0.15, 0.2) is 5.16 Å². The van der Waals surface area contributed by atoms with Crippen LogP contribution in [0.3, 0.4) is 0 Å². The van der Waals surface area contributed by atoms with Crippen LogP contribution in [-0.4, -0.2) is 26.8 Å². The van der Waals surface area contributed by atoms with Crippen LogP contribution in [0.5, 0.6) is 0 Å². The van der Waals surface area contributed by atoms with Gasteiger partial charge in [0.1, 0.15) is 0 Å². The number of rotatable bonds is 7. The van der Waals surface area contributed by atoms with Crippen molar-refractivity contribution in [2.24, 2.45) is 0 Å². The lowest BCUT2D eigenvalue weighted by Crippen LogP contribution is -2.38. The van der Waals surface area contributed by atoms with Crippen molar-refractivity contribution in [2.75, 3.05) is 0 Å². The summed E-state index contributed by atoms with van der Waals surface area (Å²) >= 11 is 7.48. The summed E-state index contributed by atoms with van der Waals surface area (Å²) in [5, 5.41) is 4.27. The lowest BCUT2D eigenvalue weighted by molar-refractivity contribution is -0.120. The second kappa shape index (κ2) is 10.3. The first-order chi connectivity index (χ1) is 15.9. The Bertz CT molecular complexity index is 1200. The zero-order valence-electron chi connectivity index (χ0n) is 19.3. The van der Waals surface area contributed by atoms with Gasteiger partial charge >= 0.3 is 0 Å². The molecule has 0 aliphatic heterocycles. The van der Waals surface area contributed by atoms with Gasteiger partial charge in [-0.1, -0.05) is 62.2 Å². The molecule has 2 unspecified atom stereocenters. The first kappa shape index (κ1) is 23.8. The fourth-order valence-electron chi connectivity index (χ4n) is 4.23. The predicted octanol–water partition coefficient (Wildman–Crippen LogP) is 6.09. The summed E-state index contributed by atoms with van der Waals surface area (Å²) in [6.07, 6.45) is 5.43. The molecule has 0 saturated heterocycles. The number of hydrogen-bond donors (Lipinski definition) is 1. The van der Waals surface area contributed by atoms with Gasteiger partial charge in [-0.05, 0) is 68.0 Å². The number of carbonyl (C=O) groups is 1. The Kier molecular flexibility index (Phi) is 7.45. The van der Waals surface area contributed by atoms with E-state index in [4.69, 9.17) is 16.6 Å². The number of aromatic nitrogens is 2. The van der Waals surface area contributed by atoms with Crippen molar-refractivity contribution in [1.82, 2.24) is 14.9 Å². The van der Waals surface area contributed by atoms with E-state index in [2.05, 4.69) is 31.3 Å². The molecule has 0 bridgehead atoms. The van der Waals surface area contributed by atoms with E-state index in [0.29, 0.717) is 27.0 Å². The van der Waals surface area contributed by atoms with Crippen molar-refractivity contribution in [3.05, 3.63) is 63.4 Å². The van der Waals surface area contributed by atoms with E-state index in [-0.39, 0.29) is 22.8 Å². The minimum Gasteiger partial charge on any atom is -0.352 e. The summed E-state index contributed by atoms with van der Waals surface area (Å²) in [6.45, 7) is 6.21. The fourth-order valence-corrected chi connectivity index (χ4v) is 5.34. The summed E-state index contributed by atoms with van der Waals surface area (Å²) in [4.78, 5) is 31.1. The number of hydrogen-bond acceptors (Lipinski definition) is 4. The maximum Gasteiger partial charge on any atom is 0.266 e. The van der Waals surface area contributed by atoms with E-state index >= 15 is 0 Å². The molecule has 3 aromatic rings. The van der Waals surface area contributed by atoms with Crippen LogP contribution in [0.1, 0.15) is 64.4 Å². The lowest BCUT2D eigenvalue weighted by Gasteiger charge is -2.19. The highest BCUT2D eigenvalue weighted by Gasteiger charge is 2.24. The van der Waals surface area contributed by atoms with Crippen LogP contribution in [-0.2, 0) is 4.79 Å². The van der Waals surface area contributed by atoms with Crippen molar-refractivity contribution >= 4 is 40.2 Å². The van der Waals surface area contributed by atoms with E-state index < -0.39 is 0 Å². The Morgan fingerprint density at radius 1 is 1.18 bits per heavy atom. The van der Waals surface area contributed by atoms with Crippen molar-refractivity contribution in [1.29, 1.82) is 0 Å². The Morgan fingerprint density at radius 3 is 2.55 bits per heavy atom. The highest BCUT2D eigenvalue weighted by atomic mass is 35.5. The number of carbonyl (C=O) groups excluding carboxylic acids is 1. The SMILES string of the molecule is CCC(C)c1ccc(-n2c(SC(C)C(=O)NC3CCCC3)nc3cc(Cl)ccc3c2=O)cc1. The molecule has 33 heavy (non-hydrogen) atoms. The topological polar surface area (TPSA) is 64.0 Å². The minimum atomic E-state index is -0.389. The van der Waals surface area contributed by atoms with Crippen molar-refractivity contribution in [3.8, 4) is 5.69 Å². The van der Waals surface area contributed by atoms with E-state index in [1.807, 2.05) is 19.1 Å². The molecule has 1 aliphatic carbocycles. The second-order valence-electron chi connectivity index (χ2n) is 8.85. The van der Waals surface area contributed by atoms with E-state index in [1.54, 1.807) is 22.8 Å². The summed E-state index contributed by atoms with van der Waals surface area (Å²) < 4.78 is 1.61. The summed E-state index contributed by atoms with van der Waals surface area (Å²) in [5.41, 5.74) is 2.33. The number of nitrogens with one attached hydrogen (secondary N) is 1. The first-order valence-electron chi connectivity index (χ1n) is 11.7. The number of thioether (sulfide) groups is 1. The average molecular weight is 484 g/mol. The van der Waals surface area contributed by atoms with Crippen molar-refractivity contribution < 1.29 is 4.79 Å². The van der Waals surface area contributed by atoms with Gasteiger partial charge in [0.05, 0.1) is 21.8 Å². The van der Waals surface area contributed by atoms with Crippen LogP contribution >= 0.6 is 23.4 Å². The standard InChI is InChI=1S/C26H30ClN3O2S/c1-4-16(2)18-9-12-21(13-10-18)30-25(32)22-14-11-19(27)15-23(22)29-26(30)33-17(3)24(31)28-20-7-5-6-8-20/h9-17,20H,4-8H2,1-3H3,(H,28,31). The second-order valence-corrected chi connectivity index (χ2v) is 10.6. The quantitative estimate of drug-likeness (QED) is 0.326. The molecule has 1 N–H and O–H groups in total. The zero-order valence-corrected chi connectivity index (χ0v) is 20.9. The van der Waals surface area contributed by atoms with Crippen molar-refractivity contribution in [3.63, 3.8) is 0 Å². The monoisotopic (exact) mass is 483 g/mol. The van der Waals surface area contributed by atoms with Crippen LogP contribution in [0.2, 0.25) is 5.02 Å². The third kappa shape index (κ3) is 5.28.